The summed E-state index contributed by atoms with van der Waals surface area (Å²) in [6.45, 7) is -1.93. The third kappa shape index (κ3) is 4.39. The minimum Gasteiger partial charge on any atom is -0.346 e. The van der Waals surface area contributed by atoms with Gasteiger partial charge >= 0.3 is 5.76 Å². The van der Waals surface area contributed by atoms with E-state index >= 15 is 0 Å². The summed E-state index contributed by atoms with van der Waals surface area (Å²) in [5.74, 6) is -7.75. The summed E-state index contributed by atoms with van der Waals surface area (Å²) in [6, 6.07) is 3.51. The van der Waals surface area contributed by atoms with E-state index in [0.29, 0.717) is 0 Å². The largest absolute Gasteiger partial charge is 0.346 e. The van der Waals surface area contributed by atoms with Crippen LogP contribution in [0.3, 0.4) is 0 Å². The first-order chi connectivity index (χ1) is 9.60. The maximum absolute atomic E-state index is 12.8. The molecule has 21 heavy (non-hydrogen) atoms. The van der Waals surface area contributed by atoms with E-state index in [1.807, 2.05) is 5.32 Å². The third-order valence-electron chi connectivity index (χ3n) is 2.49. The molecule has 0 saturated heterocycles. The molecule has 0 fully saturated rings. The van der Waals surface area contributed by atoms with Crippen LogP contribution in [-0.4, -0.2) is 39.1 Å². The number of sulfone groups is 1. The number of rotatable bonds is 6. The lowest BCUT2D eigenvalue weighted by Gasteiger charge is -2.14. The van der Waals surface area contributed by atoms with Crippen molar-refractivity contribution in [2.75, 3.05) is 13.1 Å². The second-order valence-electron chi connectivity index (χ2n) is 4.07. The molecule has 1 rings (SSSR count). The third-order valence-corrected chi connectivity index (χ3v) is 3.88. The van der Waals surface area contributed by atoms with Crippen molar-refractivity contribution in [3.8, 4) is 0 Å². The first kappa shape index (κ1) is 17.4. The SMILES string of the molecule is NCC(F)(F)CNC(=O)c1ccc(S(=O)(=O)C(F)F)cc1. The molecule has 0 saturated carbocycles. The van der Waals surface area contributed by atoms with Gasteiger partial charge in [0.2, 0.25) is 9.84 Å². The van der Waals surface area contributed by atoms with E-state index in [1.165, 1.54) is 0 Å². The van der Waals surface area contributed by atoms with E-state index < -0.39 is 45.4 Å². The number of amides is 1. The zero-order chi connectivity index (χ0) is 16.3. The number of nitrogens with one attached hydrogen (secondary N) is 1. The molecule has 0 aliphatic carbocycles. The summed E-state index contributed by atoms with van der Waals surface area (Å²) < 4.78 is 72.5. The number of nitrogens with two attached hydrogens (primary N) is 1. The molecule has 5 nitrogen and oxygen atoms in total. The minimum atomic E-state index is -4.76. The first-order valence-electron chi connectivity index (χ1n) is 5.58. The van der Waals surface area contributed by atoms with Gasteiger partial charge in [0.05, 0.1) is 18.0 Å². The molecular formula is C11H12F4N2O3S. The molecule has 0 aromatic heterocycles. The Bertz CT molecular complexity index is 602. The molecule has 0 atom stereocenters. The zero-order valence-electron chi connectivity index (χ0n) is 10.5. The Hall–Kier alpha value is -1.68. The highest BCUT2D eigenvalue weighted by atomic mass is 32.2. The van der Waals surface area contributed by atoms with Crippen molar-refractivity contribution < 1.29 is 30.8 Å². The van der Waals surface area contributed by atoms with Gasteiger partial charge in [-0.1, -0.05) is 0 Å². The molecule has 0 unspecified atom stereocenters. The van der Waals surface area contributed by atoms with Crippen LogP contribution in [-0.2, 0) is 9.84 Å². The molecule has 1 aromatic carbocycles. The van der Waals surface area contributed by atoms with Gasteiger partial charge < -0.3 is 11.1 Å². The van der Waals surface area contributed by atoms with Gasteiger partial charge in [0, 0.05) is 5.56 Å². The number of benzene rings is 1. The molecule has 1 amide bonds. The van der Waals surface area contributed by atoms with Crippen molar-refractivity contribution in [1.82, 2.24) is 5.32 Å². The van der Waals surface area contributed by atoms with E-state index in [2.05, 4.69) is 0 Å². The fraction of sp³-hybridized carbons (Fsp3) is 0.364. The van der Waals surface area contributed by atoms with Crippen LogP contribution in [0.1, 0.15) is 10.4 Å². The average Bonchev–Trinajstić information content (AvgIpc) is 2.44. The van der Waals surface area contributed by atoms with Gasteiger partial charge in [-0.2, -0.15) is 8.78 Å². The summed E-state index contributed by atoms with van der Waals surface area (Å²) in [5, 5.41) is 1.90. The maximum Gasteiger partial charge on any atom is 0.341 e. The summed E-state index contributed by atoms with van der Waals surface area (Å²) in [4.78, 5) is 10.9. The van der Waals surface area contributed by atoms with Gasteiger partial charge in [0.25, 0.3) is 11.8 Å². The van der Waals surface area contributed by atoms with Gasteiger partial charge in [-0.15, -0.1) is 0 Å². The fourth-order valence-electron chi connectivity index (χ4n) is 1.28. The van der Waals surface area contributed by atoms with Crippen LogP contribution in [0.5, 0.6) is 0 Å². The predicted octanol–water partition coefficient (Wildman–Crippen LogP) is 1.01. The molecule has 10 heteroatoms. The highest BCUT2D eigenvalue weighted by Gasteiger charge is 2.28. The molecule has 0 radical (unpaired) electrons. The van der Waals surface area contributed by atoms with Crippen molar-refractivity contribution in [3.63, 3.8) is 0 Å². The highest BCUT2D eigenvalue weighted by molar-refractivity contribution is 7.91. The van der Waals surface area contributed by atoms with Crippen molar-refractivity contribution in [2.24, 2.45) is 5.73 Å². The first-order valence-corrected chi connectivity index (χ1v) is 7.13. The van der Waals surface area contributed by atoms with E-state index in [0.717, 1.165) is 24.3 Å². The van der Waals surface area contributed by atoms with E-state index in [9.17, 15) is 30.8 Å². The lowest BCUT2D eigenvalue weighted by atomic mass is 10.2. The van der Waals surface area contributed by atoms with Gasteiger partial charge in [-0.05, 0) is 24.3 Å². The van der Waals surface area contributed by atoms with Crippen LogP contribution in [0.2, 0.25) is 0 Å². The van der Waals surface area contributed by atoms with Crippen molar-refractivity contribution in [1.29, 1.82) is 0 Å². The molecule has 0 aliphatic rings. The van der Waals surface area contributed by atoms with Crippen LogP contribution in [0.4, 0.5) is 17.6 Å². The Morgan fingerprint density at radius 1 is 1.24 bits per heavy atom. The minimum absolute atomic E-state index is 0.143. The van der Waals surface area contributed by atoms with E-state index in [4.69, 9.17) is 5.73 Å². The van der Waals surface area contributed by atoms with Gasteiger partial charge in [-0.25, -0.2) is 17.2 Å². The summed E-state index contributed by atoms with van der Waals surface area (Å²) in [7, 11) is -4.76. The Labute approximate surface area is 118 Å². The molecule has 0 heterocycles. The summed E-state index contributed by atoms with van der Waals surface area (Å²) in [6.07, 6.45) is 0. The Morgan fingerprint density at radius 2 is 1.76 bits per heavy atom. The summed E-state index contributed by atoms with van der Waals surface area (Å²) >= 11 is 0. The van der Waals surface area contributed by atoms with Crippen molar-refractivity contribution in [3.05, 3.63) is 29.8 Å². The lowest BCUT2D eigenvalue weighted by Crippen LogP contribution is -2.41. The smallest absolute Gasteiger partial charge is 0.341 e. The average molecular weight is 328 g/mol. The fourth-order valence-corrected chi connectivity index (χ4v) is 2.00. The molecule has 3 N–H and O–H groups in total. The molecule has 0 spiro atoms. The van der Waals surface area contributed by atoms with Crippen LogP contribution < -0.4 is 11.1 Å². The standard InChI is InChI=1S/C11H12F4N2O3S/c12-10(13)21(19,20)8-3-1-7(2-4-8)9(18)17-6-11(14,15)5-16/h1-4,10H,5-6,16H2,(H,17,18). The number of carbonyl (C=O) groups is 1. The number of halogens is 4. The number of hydrogen-bond donors (Lipinski definition) is 2. The Kier molecular flexibility index (Phi) is 5.29. The second-order valence-corrected chi connectivity index (χ2v) is 5.99. The van der Waals surface area contributed by atoms with Crippen LogP contribution in [0, 0.1) is 0 Å². The highest BCUT2D eigenvalue weighted by Crippen LogP contribution is 2.18. The van der Waals surface area contributed by atoms with Gasteiger partial charge in [0.15, 0.2) is 0 Å². The zero-order valence-corrected chi connectivity index (χ0v) is 11.3. The second kappa shape index (κ2) is 6.39. The molecule has 0 bridgehead atoms. The molecule has 1 aromatic rings. The van der Waals surface area contributed by atoms with Crippen molar-refractivity contribution in [2.45, 2.75) is 16.6 Å². The molecule has 0 aliphatic heterocycles. The van der Waals surface area contributed by atoms with Gasteiger partial charge in [0.1, 0.15) is 0 Å². The quantitative estimate of drug-likeness (QED) is 0.763. The topological polar surface area (TPSA) is 89.3 Å². The number of alkyl halides is 4. The van der Waals surface area contributed by atoms with E-state index in [1.54, 1.807) is 0 Å². The Morgan fingerprint density at radius 3 is 2.19 bits per heavy atom. The van der Waals surface area contributed by atoms with Crippen molar-refractivity contribution >= 4 is 15.7 Å². The van der Waals surface area contributed by atoms with Gasteiger partial charge in [-0.3, -0.25) is 4.79 Å². The molecule has 118 valence electrons. The lowest BCUT2D eigenvalue weighted by molar-refractivity contribution is 0.0118. The normalized spacial score (nSPS) is 12.5. The summed E-state index contributed by atoms with van der Waals surface area (Å²) in [5.41, 5.74) is 4.65. The number of carbonyl (C=O) groups excluding carboxylic acids is 1. The van der Waals surface area contributed by atoms with Crippen LogP contribution in [0.25, 0.3) is 0 Å². The Balaban J connectivity index is 2.82. The molecular weight excluding hydrogens is 316 g/mol. The maximum atomic E-state index is 12.8. The number of hydrogen-bond acceptors (Lipinski definition) is 4. The van der Waals surface area contributed by atoms with E-state index in [-0.39, 0.29) is 5.56 Å². The predicted molar refractivity (Wildman–Crippen MR) is 66.0 cm³/mol. The van der Waals surface area contributed by atoms with Crippen LogP contribution in [0.15, 0.2) is 29.2 Å². The van der Waals surface area contributed by atoms with Crippen LogP contribution >= 0.6 is 0 Å². The monoisotopic (exact) mass is 328 g/mol.